The van der Waals surface area contributed by atoms with Crippen LogP contribution < -0.4 is 16.0 Å². The van der Waals surface area contributed by atoms with Gasteiger partial charge in [0.2, 0.25) is 8.07 Å². The molecule has 0 N–H and O–H groups in total. The molecule has 6 nitrogen and oxygen atoms in total. The summed E-state index contributed by atoms with van der Waals surface area (Å²) in [5.41, 5.74) is 5.80. The summed E-state index contributed by atoms with van der Waals surface area (Å²) in [6.45, 7) is 2.25. The van der Waals surface area contributed by atoms with E-state index in [9.17, 15) is 0 Å². The van der Waals surface area contributed by atoms with Crippen LogP contribution in [-0.4, -0.2) is 38.0 Å². The van der Waals surface area contributed by atoms with E-state index >= 15 is 0 Å². The summed E-state index contributed by atoms with van der Waals surface area (Å²) in [6.07, 6.45) is 12.9. The summed E-state index contributed by atoms with van der Waals surface area (Å²) in [7, 11) is -2.64. The average molecular weight is 509 g/mol. The van der Waals surface area contributed by atoms with E-state index in [2.05, 4.69) is 57.9 Å². The second-order valence-corrected chi connectivity index (χ2v) is 12.9. The van der Waals surface area contributed by atoms with Gasteiger partial charge in [0.1, 0.15) is 0 Å². The molecule has 182 valence electrons. The first-order valence-corrected chi connectivity index (χ1v) is 14.8. The SMILES string of the molecule is C[Si](c1ccc(-c2cccnc2)cn1)(c1ccc(-c2ccccn2)cn1)c1ccc(-c2ccccn2)cn1. The largest absolute Gasteiger partial charge is 0.264 e. The molecule has 38 heavy (non-hydrogen) atoms. The van der Waals surface area contributed by atoms with Gasteiger partial charge in [0.05, 0.1) is 11.4 Å². The van der Waals surface area contributed by atoms with Crippen molar-refractivity contribution in [2.75, 3.05) is 0 Å². The molecular weight excluding hydrogens is 484 g/mol. The second-order valence-electron chi connectivity index (χ2n) is 9.09. The molecule has 0 radical (unpaired) electrons. The quantitative estimate of drug-likeness (QED) is 0.315. The van der Waals surface area contributed by atoms with Crippen molar-refractivity contribution < 1.29 is 0 Å². The predicted molar refractivity (Wildman–Crippen MR) is 153 cm³/mol. The lowest BCUT2D eigenvalue weighted by Crippen LogP contribution is -2.67. The van der Waals surface area contributed by atoms with E-state index in [0.29, 0.717) is 0 Å². The summed E-state index contributed by atoms with van der Waals surface area (Å²) >= 11 is 0. The molecule has 0 aliphatic rings. The summed E-state index contributed by atoms with van der Waals surface area (Å²) in [6, 6.07) is 28.3. The first-order valence-electron chi connectivity index (χ1n) is 12.3. The zero-order valence-corrected chi connectivity index (χ0v) is 21.8. The molecule has 6 heterocycles. The Balaban J connectivity index is 1.43. The lowest BCUT2D eigenvalue weighted by atomic mass is 10.1. The van der Waals surface area contributed by atoms with Crippen LogP contribution in [0.5, 0.6) is 0 Å². The van der Waals surface area contributed by atoms with Crippen molar-refractivity contribution in [3.8, 4) is 33.6 Å². The topological polar surface area (TPSA) is 77.3 Å². The normalized spacial score (nSPS) is 11.3. The minimum Gasteiger partial charge on any atom is -0.264 e. The van der Waals surface area contributed by atoms with E-state index in [-0.39, 0.29) is 0 Å². The standard InChI is InChI=1S/C31H24N6Si/c1-38(29-13-10-24(20-35-29)23-7-6-16-32-19-23,30-14-11-25(21-36-30)27-8-2-4-17-33-27)31-15-12-26(22-37-31)28-9-3-5-18-34-28/h2-22H,1H3. The van der Waals surface area contributed by atoms with Gasteiger partial charge in [0, 0.05) is 81.6 Å². The molecule has 0 bridgehead atoms. The van der Waals surface area contributed by atoms with Crippen LogP contribution in [0.15, 0.2) is 128 Å². The predicted octanol–water partition coefficient (Wildman–Crippen LogP) is 4.16. The third-order valence-electron chi connectivity index (χ3n) is 6.74. The molecule has 0 spiro atoms. The van der Waals surface area contributed by atoms with E-state index in [1.807, 2.05) is 73.3 Å². The Kier molecular flexibility index (Phi) is 6.33. The zero-order valence-electron chi connectivity index (χ0n) is 20.8. The molecule has 6 aromatic heterocycles. The third kappa shape index (κ3) is 4.51. The molecule has 0 aliphatic heterocycles. The van der Waals surface area contributed by atoms with Crippen molar-refractivity contribution in [1.82, 2.24) is 29.9 Å². The number of rotatable bonds is 6. The van der Waals surface area contributed by atoms with Crippen LogP contribution in [0, 0.1) is 0 Å². The highest BCUT2D eigenvalue weighted by Crippen LogP contribution is 2.18. The summed E-state index contributed by atoms with van der Waals surface area (Å²) < 4.78 is 0. The van der Waals surface area contributed by atoms with Crippen molar-refractivity contribution in [2.45, 2.75) is 6.55 Å². The van der Waals surface area contributed by atoms with Gasteiger partial charge in [0.15, 0.2) is 0 Å². The number of nitrogens with zero attached hydrogens (tertiary/aromatic N) is 6. The molecule has 0 saturated carbocycles. The van der Waals surface area contributed by atoms with Crippen LogP contribution in [0.2, 0.25) is 6.55 Å². The highest BCUT2D eigenvalue weighted by atomic mass is 28.3. The van der Waals surface area contributed by atoms with Crippen molar-refractivity contribution in [3.05, 3.63) is 128 Å². The monoisotopic (exact) mass is 508 g/mol. The molecule has 0 aliphatic carbocycles. The molecule has 6 aromatic rings. The van der Waals surface area contributed by atoms with E-state index in [1.165, 1.54) is 0 Å². The molecule has 0 fully saturated rings. The smallest absolute Gasteiger partial charge is 0.212 e. The minimum atomic E-state index is -2.64. The van der Waals surface area contributed by atoms with Gasteiger partial charge >= 0.3 is 0 Å². The van der Waals surface area contributed by atoms with Crippen LogP contribution in [0.1, 0.15) is 0 Å². The van der Waals surface area contributed by atoms with Gasteiger partial charge in [-0.1, -0.05) is 30.8 Å². The molecule has 7 heteroatoms. The lowest BCUT2D eigenvalue weighted by Gasteiger charge is -2.26. The van der Waals surface area contributed by atoms with Gasteiger partial charge in [-0.05, 0) is 60.7 Å². The first-order chi connectivity index (χ1) is 18.7. The Morgan fingerprint density at radius 3 is 1.32 bits per heavy atom. The van der Waals surface area contributed by atoms with Gasteiger partial charge in [0.25, 0.3) is 0 Å². The van der Waals surface area contributed by atoms with E-state index in [4.69, 9.17) is 15.0 Å². The number of hydrogen-bond donors (Lipinski definition) is 0. The Labute approximate surface area is 222 Å². The van der Waals surface area contributed by atoms with Crippen molar-refractivity contribution >= 4 is 24.0 Å². The number of hydrogen-bond acceptors (Lipinski definition) is 6. The van der Waals surface area contributed by atoms with E-state index in [1.54, 1.807) is 18.6 Å². The van der Waals surface area contributed by atoms with Crippen molar-refractivity contribution in [1.29, 1.82) is 0 Å². The van der Waals surface area contributed by atoms with Crippen LogP contribution in [0.4, 0.5) is 0 Å². The Bertz CT molecular complexity index is 1430. The van der Waals surface area contributed by atoms with E-state index in [0.717, 1.165) is 49.6 Å². The molecule has 0 unspecified atom stereocenters. The molecular formula is C31H24N6Si. The Morgan fingerprint density at radius 1 is 0.421 bits per heavy atom. The average Bonchev–Trinajstić information content (AvgIpc) is 3.02. The lowest BCUT2D eigenvalue weighted by molar-refractivity contribution is 1.27. The highest BCUT2D eigenvalue weighted by molar-refractivity contribution is 7.09. The molecule has 0 aromatic carbocycles. The third-order valence-corrected chi connectivity index (χ3v) is 10.7. The van der Waals surface area contributed by atoms with Gasteiger partial charge in [-0.15, -0.1) is 0 Å². The van der Waals surface area contributed by atoms with Crippen molar-refractivity contribution in [3.63, 3.8) is 0 Å². The molecule has 0 saturated heterocycles. The maximum Gasteiger partial charge on any atom is 0.212 e. The van der Waals surface area contributed by atoms with Crippen LogP contribution in [0.3, 0.4) is 0 Å². The van der Waals surface area contributed by atoms with Gasteiger partial charge < -0.3 is 0 Å². The van der Waals surface area contributed by atoms with Gasteiger partial charge in [-0.3, -0.25) is 29.9 Å². The number of pyridine rings is 6. The molecule has 6 rings (SSSR count). The minimum absolute atomic E-state index is 0.895. The first kappa shape index (κ1) is 23.5. The Hall–Kier alpha value is -4.88. The van der Waals surface area contributed by atoms with Crippen LogP contribution >= 0.6 is 0 Å². The number of aromatic nitrogens is 6. The second kappa shape index (κ2) is 10.2. The summed E-state index contributed by atoms with van der Waals surface area (Å²) in [5.74, 6) is 0. The van der Waals surface area contributed by atoms with Gasteiger partial charge in [-0.2, -0.15) is 0 Å². The van der Waals surface area contributed by atoms with Crippen LogP contribution in [-0.2, 0) is 0 Å². The molecule has 0 atom stereocenters. The Morgan fingerprint density at radius 2 is 0.921 bits per heavy atom. The summed E-state index contributed by atoms with van der Waals surface area (Å²) in [5, 5.41) is 2.95. The summed E-state index contributed by atoms with van der Waals surface area (Å²) in [4.78, 5) is 28.1. The van der Waals surface area contributed by atoms with Gasteiger partial charge in [-0.25, -0.2) is 0 Å². The highest BCUT2D eigenvalue weighted by Gasteiger charge is 2.39. The van der Waals surface area contributed by atoms with Crippen LogP contribution in [0.25, 0.3) is 33.6 Å². The maximum absolute atomic E-state index is 4.97. The fraction of sp³-hybridized carbons (Fsp3) is 0.0323. The van der Waals surface area contributed by atoms with Crippen molar-refractivity contribution in [2.24, 2.45) is 0 Å². The van der Waals surface area contributed by atoms with E-state index < -0.39 is 8.07 Å². The fourth-order valence-electron chi connectivity index (χ4n) is 4.54. The zero-order chi connectivity index (χ0) is 25.8. The maximum atomic E-state index is 4.97. The molecule has 0 amide bonds. The fourth-order valence-corrected chi connectivity index (χ4v) is 7.54.